The van der Waals surface area contributed by atoms with E-state index in [4.69, 9.17) is 9.72 Å². The summed E-state index contributed by atoms with van der Waals surface area (Å²) in [5.41, 5.74) is 2.90. The van der Waals surface area contributed by atoms with Gasteiger partial charge >= 0.3 is 6.09 Å². The van der Waals surface area contributed by atoms with Crippen molar-refractivity contribution in [1.29, 1.82) is 0 Å². The molecule has 0 saturated heterocycles. The van der Waals surface area contributed by atoms with E-state index in [1.165, 1.54) is 4.57 Å². The first-order valence-electron chi connectivity index (χ1n) is 9.57. The highest BCUT2D eigenvalue weighted by molar-refractivity contribution is 9.10. The average Bonchev–Trinajstić information content (AvgIpc) is 3.32. The first kappa shape index (κ1) is 18.8. The number of benzene rings is 2. The van der Waals surface area contributed by atoms with Crippen LogP contribution in [0.25, 0.3) is 38.8 Å². The van der Waals surface area contributed by atoms with Gasteiger partial charge in [-0.2, -0.15) is 0 Å². The van der Waals surface area contributed by atoms with E-state index in [0.717, 1.165) is 43.3 Å². The van der Waals surface area contributed by atoms with Crippen molar-refractivity contribution in [1.82, 2.24) is 18.9 Å². The summed E-state index contributed by atoms with van der Waals surface area (Å²) in [6.45, 7) is 5.57. The van der Waals surface area contributed by atoms with Crippen molar-refractivity contribution in [3.05, 3.63) is 65.5 Å². The number of nitrogens with zero attached hydrogens (tertiary/aromatic N) is 4. The van der Waals surface area contributed by atoms with Gasteiger partial charge in [0.15, 0.2) is 0 Å². The van der Waals surface area contributed by atoms with E-state index in [-0.39, 0.29) is 0 Å². The Morgan fingerprint density at radius 2 is 1.90 bits per heavy atom. The van der Waals surface area contributed by atoms with Crippen molar-refractivity contribution in [2.75, 3.05) is 0 Å². The average molecular weight is 463 g/mol. The van der Waals surface area contributed by atoms with Gasteiger partial charge in [-0.1, -0.05) is 15.9 Å². The zero-order chi connectivity index (χ0) is 21.0. The Labute approximate surface area is 181 Å². The van der Waals surface area contributed by atoms with Crippen LogP contribution in [-0.2, 0) is 4.74 Å². The van der Waals surface area contributed by atoms with Gasteiger partial charge < -0.3 is 4.74 Å². The summed E-state index contributed by atoms with van der Waals surface area (Å²) in [4.78, 5) is 21.9. The summed E-state index contributed by atoms with van der Waals surface area (Å²) >= 11 is 3.52. The molecule has 6 nitrogen and oxygen atoms in total. The van der Waals surface area contributed by atoms with Gasteiger partial charge in [0.2, 0.25) is 0 Å². The van der Waals surface area contributed by atoms with Crippen LogP contribution in [0.15, 0.2) is 65.5 Å². The lowest BCUT2D eigenvalue weighted by Crippen LogP contribution is -2.26. The first-order chi connectivity index (χ1) is 14.3. The minimum atomic E-state index is -0.552. The highest BCUT2D eigenvalue weighted by atomic mass is 79.9. The van der Waals surface area contributed by atoms with Crippen LogP contribution < -0.4 is 0 Å². The van der Waals surface area contributed by atoms with Gasteiger partial charge in [-0.15, -0.1) is 0 Å². The maximum atomic E-state index is 12.5. The summed E-state index contributed by atoms with van der Waals surface area (Å²) in [7, 11) is 0. The molecule has 0 aliphatic rings. The summed E-state index contributed by atoms with van der Waals surface area (Å²) in [6.07, 6.45) is 5.03. The molecule has 5 aromatic rings. The lowest BCUT2D eigenvalue weighted by Gasteiger charge is -2.19. The normalized spacial score (nSPS) is 12.1. The van der Waals surface area contributed by atoms with E-state index in [9.17, 15) is 4.79 Å². The molecule has 2 aromatic carbocycles. The summed E-state index contributed by atoms with van der Waals surface area (Å²) in [5, 5.41) is 1.92. The molecule has 0 amide bonds. The number of imidazole rings is 1. The van der Waals surface area contributed by atoms with Crippen LogP contribution in [0.3, 0.4) is 0 Å². The van der Waals surface area contributed by atoms with Crippen LogP contribution in [0, 0.1) is 0 Å². The molecule has 0 fully saturated rings. The smallest absolute Gasteiger partial charge is 0.418 e. The van der Waals surface area contributed by atoms with Crippen molar-refractivity contribution in [3.63, 3.8) is 0 Å². The summed E-state index contributed by atoms with van der Waals surface area (Å²) in [5.74, 6) is 0.792. The Bertz CT molecular complexity index is 1440. The van der Waals surface area contributed by atoms with Crippen LogP contribution >= 0.6 is 15.9 Å². The highest BCUT2D eigenvalue weighted by Gasteiger charge is 2.19. The fourth-order valence-electron chi connectivity index (χ4n) is 3.58. The second kappa shape index (κ2) is 6.67. The van der Waals surface area contributed by atoms with Gasteiger partial charge in [0.1, 0.15) is 17.1 Å². The topological polar surface area (TPSA) is 61.4 Å². The molecular formula is C23H19BrN4O2. The molecule has 150 valence electrons. The van der Waals surface area contributed by atoms with Crippen molar-refractivity contribution >= 4 is 49.5 Å². The lowest BCUT2D eigenvalue weighted by atomic mass is 10.1. The first-order valence-corrected chi connectivity index (χ1v) is 10.4. The molecule has 0 atom stereocenters. The predicted octanol–water partition coefficient (Wildman–Crippen LogP) is 6.05. The Hall–Kier alpha value is -3.19. The number of hydrogen-bond donors (Lipinski definition) is 0. The molecule has 30 heavy (non-hydrogen) atoms. The zero-order valence-electron chi connectivity index (χ0n) is 16.8. The third-order valence-electron chi connectivity index (χ3n) is 4.83. The predicted molar refractivity (Wildman–Crippen MR) is 121 cm³/mol. The number of fused-ring (bicyclic) bond motifs is 4. The maximum absolute atomic E-state index is 12.5. The standard InChI is InChI=1S/C23H19BrN4O2/c1-23(2,3)30-22(29)27-10-8-14-12-15(4-7-19(14)27)20-26-18-13-16(24)5-6-17(18)21-25-9-11-28(20)21/h4-13H,1-3H3. The van der Waals surface area contributed by atoms with Gasteiger partial charge in [0.25, 0.3) is 0 Å². The minimum Gasteiger partial charge on any atom is -0.443 e. The van der Waals surface area contributed by atoms with Gasteiger partial charge in [0, 0.05) is 39.4 Å². The van der Waals surface area contributed by atoms with Crippen molar-refractivity contribution in [2.45, 2.75) is 26.4 Å². The van der Waals surface area contributed by atoms with Gasteiger partial charge in [-0.05, 0) is 63.2 Å². The fourth-order valence-corrected chi connectivity index (χ4v) is 3.93. The molecule has 0 N–H and O–H groups in total. The Morgan fingerprint density at radius 3 is 2.70 bits per heavy atom. The van der Waals surface area contributed by atoms with E-state index in [1.54, 1.807) is 12.4 Å². The van der Waals surface area contributed by atoms with Crippen molar-refractivity contribution < 1.29 is 9.53 Å². The van der Waals surface area contributed by atoms with E-state index in [2.05, 4.69) is 20.9 Å². The van der Waals surface area contributed by atoms with Gasteiger partial charge in [0.05, 0.1) is 11.0 Å². The van der Waals surface area contributed by atoms with Crippen molar-refractivity contribution in [3.8, 4) is 11.4 Å². The monoisotopic (exact) mass is 462 g/mol. The largest absolute Gasteiger partial charge is 0.443 e. The van der Waals surface area contributed by atoms with E-state index in [0.29, 0.717) is 0 Å². The number of carbonyl (C=O) groups excluding carboxylic acids is 1. The number of ether oxygens (including phenoxy) is 1. The molecule has 3 heterocycles. The second-order valence-corrected chi connectivity index (χ2v) is 9.07. The van der Waals surface area contributed by atoms with E-state index >= 15 is 0 Å². The van der Waals surface area contributed by atoms with Crippen LogP contribution in [0.5, 0.6) is 0 Å². The maximum Gasteiger partial charge on any atom is 0.418 e. The number of carbonyl (C=O) groups is 1. The van der Waals surface area contributed by atoms with E-state index < -0.39 is 11.7 Å². The van der Waals surface area contributed by atoms with Crippen LogP contribution in [0.4, 0.5) is 4.79 Å². The second-order valence-electron chi connectivity index (χ2n) is 8.16. The molecule has 0 radical (unpaired) electrons. The number of rotatable bonds is 1. The van der Waals surface area contributed by atoms with Gasteiger partial charge in [-0.25, -0.2) is 14.8 Å². The summed E-state index contributed by atoms with van der Waals surface area (Å²) < 4.78 is 9.99. The molecule has 0 bridgehead atoms. The zero-order valence-corrected chi connectivity index (χ0v) is 18.3. The van der Waals surface area contributed by atoms with E-state index in [1.807, 2.05) is 73.8 Å². The molecule has 3 aromatic heterocycles. The number of aromatic nitrogens is 4. The summed E-state index contributed by atoms with van der Waals surface area (Å²) in [6, 6.07) is 13.8. The molecule has 0 aliphatic carbocycles. The van der Waals surface area contributed by atoms with Crippen LogP contribution in [-0.4, -0.2) is 30.6 Å². The third kappa shape index (κ3) is 3.15. The molecule has 0 saturated carbocycles. The fraction of sp³-hybridized carbons (Fsp3) is 0.174. The Morgan fingerprint density at radius 1 is 1.07 bits per heavy atom. The molecule has 7 heteroatoms. The van der Waals surface area contributed by atoms with Gasteiger partial charge in [-0.3, -0.25) is 8.97 Å². The Balaban J connectivity index is 1.66. The molecule has 0 aliphatic heterocycles. The minimum absolute atomic E-state index is 0.393. The molecule has 0 spiro atoms. The van der Waals surface area contributed by atoms with Crippen LogP contribution in [0.2, 0.25) is 0 Å². The highest BCUT2D eigenvalue weighted by Crippen LogP contribution is 2.29. The van der Waals surface area contributed by atoms with Crippen molar-refractivity contribution in [2.24, 2.45) is 0 Å². The third-order valence-corrected chi connectivity index (χ3v) is 5.33. The number of hydrogen-bond acceptors (Lipinski definition) is 4. The molecule has 5 rings (SSSR count). The number of halogens is 1. The molecule has 0 unspecified atom stereocenters. The molecular weight excluding hydrogens is 444 g/mol. The lowest BCUT2D eigenvalue weighted by molar-refractivity contribution is 0.0544. The quantitative estimate of drug-likeness (QED) is 0.304. The van der Waals surface area contributed by atoms with Crippen LogP contribution in [0.1, 0.15) is 20.8 Å². The Kier molecular flexibility index (Phi) is 4.18. The SMILES string of the molecule is CC(C)(C)OC(=O)n1ccc2cc(-c3nc4cc(Br)ccc4c4nccn34)ccc21.